The number of nitrogen functional groups attached to an aromatic ring is 1. The number of anilines is 2. The van der Waals surface area contributed by atoms with E-state index in [2.05, 4.69) is 28.7 Å². The first-order chi connectivity index (χ1) is 6.48. The Hall–Kier alpha value is -1.03. The summed E-state index contributed by atoms with van der Waals surface area (Å²) in [5.41, 5.74) is 6.70. The van der Waals surface area contributed by atoms with Crippen LogP contribution >= 0.6 is 11.6 Å². The van der Waals surface area contributed by atoms with Gasteiger partial charge in [0.15, 0.2) is 5.82 Å². The van der Waals surface area contributed by atoms with Crippen molar-refractivity contribution in [3.05, 3.63) is 11.5 Å². The lowest BCUT2D eigenvalue weighted by Gasteiger charge is -2.46. The van der Waals surface area contributed by atoms with Gasteiger partial charge in [0, 0.05) is 13.1 Å². The van der Waals surface area contributed by atoms with Crippen LogP contribution in [0, 0.1) is 5.41 Å². The van der Waals surface area contributed by atoms with E-state index in [0.717, 1.165) is 18.9 Å². The monoisotopic (exact) mass is 212 g/mol. The van der Waals surface area contributed by atoms with Crippen LogP contribution in [0.2, 0.25) is 5.28 Å². The average molecular weight is 213 g/mol. The molecule has 0 spiro atoms. The third kappa shape index (κ3) is 1.62. The zero-order valence-electron chi connectivity index (χ0n) is 8.29. The molecule has 1 aliphatic rings. The van der Waals surface area contributed by atoms with Gasteiger partial charge in [-0.15, -0.1) is 0 Å². The summed E-state index contributed by atoms with van der Waals surface area (Å²) in [6.07, 6.45) is 1.55. The lowest BCUT2D eigenvalue weighted by atomic mass is 9.84. The third-order valence-electron chi connectivity index (χ3n) is 2.30. The second-order valence-electron chi connectivity index (χ2n) is 4.44. The topological polar surface area (TPSA) is 55.0 Å². The zero-order chi connectivity index (χ0) is 10.3. The van der Waals surface area contributed by atoms with Crippen LogP contribution in [0.3, 0.4) is 0 Å². The van der Waals surface area contributed by atoms with E-state index in [9.17, 15) is 0 Å². The molecule has 0 radical (unpaired) electrons. The molecular formula is C9H13ClN4. The van der Waals surface area contributed by atoms with Crippen molar-refractivity contribution in [2.45, 2.75) is 13.8 Å². The fourth-order valence-corrected chi connectivity index (χ4v) is 1.88. The van der Waals surface area contributed by atoms with E-state index in [1.54, 1.807) is 6.20 Å². The highest BCUT2D eigenvalue weighted by Gasteiger charge is 2.35. The van der Waals surface area contributed by atoms with E-state index in [1.807, 2.05) is 0 Å². The third-order valence-corrected chi connectivity index (χ3v) is 2.49. The van der Waals surface area contributed by atoms with Crippen LogP contribution < -0.4 is 10.6 Å². The van der Waals surface area contributed by atoms with Crippen LogP contribution in [0.1, 0.15) is 13.8 Å². The summed E-state index contributed by atoms with van der Waals surface area (Å²) in [6, 6.07) is 0. The predicted molar refractivity (Wildman–Crippen MR) is 57.4 cm³/mol. The molecule has 0 bridgehead atoms. The molecule has 1 aromatic rings. The standard InChI is InChI=1S/C9H13ClN4/c1-9(2)4-14(5-9)7-6(11)3-12-8(10)13-7/h3H,4-5,11H2,1-2H3. The van der Waals surface area contributed by atoms with Crippen LogP contribution in [-0.2, 0) is 0 Å². The van der Waals surface area contributed by atoms with E-state index < -0.39 is 0 Å². The van der Waals surface area contributed by atoms with Gasteiger partial charge in [0.1, 0.15) is 0 Å². The van der Waals surface area contributed by atoms with Crippen molar-refractivity contribution >= 4 is 23.1 Å². The van der Waals surface area contributed by atoms with Crippen LogP contribution in [0.5, 0.6) is 0 Å². The first-order valence-corrected chi connectivity index (χ1v) is 4.89. The van der Waals surface area contributed by atoms with Crippen molar-refractivity contribution in [3.8, 4) is 0 Å². The summed E-state index contributed by atoms with van der Waals surface area (Å²) in [7, 11) is 0. The Morgan fingerprint density at radius 1 is 1.50 bits per heavy atom. The van der Waals surface area contributed by atoms with E-state index >= 15 is 0 Å². The zero-order valence-corrected chi connectivity index (χ0v) is 9.04. The number of hydrogen-bond acceptors (Lipinski definition) is 4. The van der Waals surface area contributed by atoms with Gasteiger partial charge in [-0.3, -0.25) is 0 Å². The normalized spacial score (nSPS) is 19.2. The van der Waals surface area contributed by atoms with Crippen LogP contribution in [0.25, 0.3) is 0 Å². The van der Waals surface area contributed by atoms with Crippen LogP contribution in [0.4, 0.5) is 11.5 Å². The van der Waals surface area contributed by atoms with Crippen molar-refractivity contribution in [1.82, 2.24) is 9.97 Å². The molecule has 0 aliphatic carbocycles. The minimum atomic E-state index is 0.249. The number of aromatic nitrogens is 2. The Balaban J connectivity index is 2.22. The van der Waals surface area contributed by atoms with Crippen molar-refractivity contribution < 1.29 is 0 Å². The van der Waals surface area contributed by atoms with Gasteiger partial charge in [-0.25, -0.2) is 4.98 Å². The molecule has 5 heteroatoms. The molecular weight excluding hydrogens is 200 g/mol. The molecule has 0 amide bonds. The molecule has 4 nitrogen and oxygen atoms in total. The summed E-state index contributed by atoms with van der Waals surface area (Å²) in [6.45, 7) is 6.35. The van der Waals surface area contributed by atoms with Crippen molar-refractivity contribution in [2.24, 2.45) is 5.41 Å². The average Bonchev–Trinajstić information content (AvgIpc) is 2.05. The first-order valence-electron chi connectivity index (χ1n) is 4.51. The molecule has 1 fully saturated rings. The van der Waals surface area contributed by atoms with Gasteiger partial charge >= 0.3 is 0 Å². The van der Waals surface area contributed by atoms with E-state index in [4.69, 9.17) is 17.3 Å². The maximum Gasteiger partial charge on any atom is 0.224 e. The second-order valence-corrected chi connectivity index (χ2v) is 4.78. The Kier molecular flexibility index (Phi) is 2.03. The van der Waals surface area contributed by atoms with Crippen LogP contribution in [-0.4, -0.2) is 23.1 Å². The molecule has 1 saturated heterocycles. The summed E-state index contributed by atoms with van der Waals surface area (Å²) in [4.78, 5) is 10.0. The summed E-state index contributed by atoms with van der Waals surface area (Å²) in [5, 5.41) is 0.249. The van der Waals surface area contributed by atoms with Gasteiger partial charge in [0.05, 0.1) is 11.9 Å². The molecule has 2 rings (SSSR count). The summed E-state index contributed by atoms with van der Waals surface area (Å²) in [5.74, 6) is 0.754. The minimum Gasteiger partial charge on any atom is -0.394 e. The summed E-state index contributed by atoms with van der Waals surface area (Å²) < 4.78 is 0. The van der Waals surface area contributed by atoms with Gasteiger partial charge < -0.3 is 10.6 Å². The maximum atomic E-state index is 5.76. The Labute approximate surface area is 88.1 Å². The maximum absolute atomic E-state index is 5.76. The lowest BCUT2D eigenvalue weighted by molar-refractivity contribution is 0.275. The molecule has 2 N–H and O–H groups in total. The number of nitrogens with zero attached hydrogens (tertiary/aromatic N) is 3. The highest BCUT2D eigenvalue weighted by Crippen LogP contribution is 2.34. The van der Waals surface area contributed by atoms with Gasteiger partial charge in [0.2, 0.25) is 5.28 Å². The Bertz CT molecular complexity index is 356. The summed E-state index contributed by atoms with van der Waals surface area (Å²) >= 11 is 5.71. The highest BCUT2D eigenvalue weighted by atomic mass is 35.5. The molecule has 1 aromatic heterocycles. The van der Waals surface area contributed by atoms with Gasteiger partial charge in [-0.2, -0.15) is 4.98 Å². The van der Waals surface area contributed by atoms with E-state index in [0.29, 0.717) is 11.1 Å². The lowest BCUT2D eigenvalue weighted by Crippen LogP contribution is -2.53. The minimum absolute atomic E-state index is 0.249. The number of nitrogens with two attached hydrogens (primary N) is 1. The Morgan fingerprint density at radius 2 is 2.14 bits per heavy atom. The largest absolute Gasteiger partial charge is 0.394 e. The van der Waals surface area contributed by atoms with Crippen molar-refractivity contribution in [2.75, 3.05) is 23.7 Å². The molecule has 0 saturated carbocycles. The van der Waals surface area contributed by atoms with E-state index in [-0.39, 0.29) is 5.28 Å². The predicted octanol–water partition coefficient (Wildman–Crippen LogP) is 1.56. The van der Waals surface area contributed by atoms with Gasteiger partial charge in [0.25, 0.3) is 0 Å². The molecule has 0 unspecified atom stereocenters. The van der Waals surface area contributed by atoms with Crippen molar-refractivity contribution in [1.29, 1.82) is 0 Å². The Morgan fingerprint density at radius 3 is 2.71 bits per heavy atom. The molecule has 2 heterocycles. The fourth-order valence-electron chi connectivity index (χ4n) is 1.75. The molecule has 1 aliphatic heterocycles. The number of rotatable bonds is 1. The molecule has 76 valence electrons. The van der Waals surface area contributed by atoms with Gasteiger partial charge in [-0.1, -0.05) is 13.8 Å². The SMILES string of the molecule is CC1(C)CN(c2nc(Cl)ncc2N)C1. The quantitative estimate of drug-likeness (QED) is 0.718. The highest BCUT2D eigenvalue weighted by molar-refractivity contribution is 6.28. The molecule has 0 aromatic carbocycles. The van der Waals surface area contributed by atoms with E-state index in [1.165, 1.54) is 0 Å². The number of halogens is 1. The molecule has 0 atom stereocenters. The fraction of sp³-hybridized carbons (Fsp3) is 0.556. The smallest absolute Gasteiger partial charge is 0.224 e. The number of hydrogen-bond donors (Lipinski definition) is 1. The second kappa shape index (κ2) is 2.98. The first kappa shape index (κ1) is 9.52. The van der Waals surface area contributed by atoms with Gasteiger partial charge in [-0.05, 0) is 17.0 Å². The van der Waals surface area contributed by atoms with Crippen molar-refractivity contribution in [3.63, 3.8) is 0 Å². The molecule has 14 heavy (non-hydrogen) atoms. The van der Waals surface area contributed by atoms with Crippen LogP contribution in [0.15, 0.2) is 6.20 Å².